The van der Waals surface area contributed by atoms with Gasteiger partial charge in [-0.05, 0) is 96.3 Å². The standard InChI is InChI=1S/C74H130O6/c1-4-7-10-13-16-19-22-25-28-31-34-36-37-39-40-43-46-49-52-55-58-61-64-67-73(76)79-70-71(69-78-72(75)66-63-60-57-54-51-48-45-42-33-30-27-24-21-18-15-12-9-6-3)80-74(77)68-65-62-59-56-53-50-47-44-41-38-35-32-29-26-23-20-17-14-11-8-5-2/h8,11,17,20,26,29,31,34-35,38,44,47,53,56,71H,4-7,9-10,12-16,18-19,21-25,27-28,30,32-33,36-37,39-43,45-46,48-52,54-55,57-70H2,1-3H3/b11-8-,20-17-,29-26-,34-31-,38-35-,47-44-,56-53-. The highest BCUT2D eigenvalue weighted by atomic mass is 16.6. The number of hydrogen-bond donors (Lipinski definition) is 0. The van der Waals surface area contributed by atoms with Crippen LogP contribution in [0.1, 0.15) is 348 Å². The Hall–Kier alpha value is -3.41. The highest BCUT2D eigenvalue weighted by molar-refractivity contribution is 5.71. The summed E-state index contributed by atoms with van der Waals surface area (Å²) in [7, 11) is 0. The number of ether oxygens (including phenoxy) is 3. The second kappa shape index (κ2) is 68.1. The summed E-state index contributed by atoms with van der Waals surface area (Å²) in [6.45, 7) is 6.54. The van der Waals surface area contributed by atoms with E-state index in [1.54, 1.807) is 0 Å². The Labute approximate surface area is 496 Å². The molecule has 0 fully saturated rings. The van der Waals surface area contributed by atoms with Crippen LogP contribution in [0.2, 0.25) is 0 Å². The summed E-state index contributed by atoms with van der Waals surface area (Å²) in [4.78, 5) is 38.4. The topological polar surface area (TPSA) is 78.9 Å². The van der Waals surface area contributed by atoms with Crippen LogP contribution in [0.4, 0.5) is 0 Å². The van der Waals surface area contributed by atoms with Crippen molar-refractivity contribution in [3.63, 3.8) is 0 Å². The molecular formula is C74H130O6. The monoisotopic (exact) mass is 1110 g/mol. The van der Waals surface area contributed by atoms with Crippen LogP contribution in [-0.4, -0.2) is 37.2 Å². The fourth-order valence-corrected chi connectivity index (χ4v) is 9.97. The molecule has 0 aliphatic heterocycles. The van der Waals surface area contributed by atoms with E-state index in [2.05, 4.69) is 106 Å². The van der Waals surface area contributed by atoms with E-state index in [0.29, 0.717) is 19.3 Å². The van der Waals surface area contributed by atoms with Crippen molar-refractivity contribution in [3.05, 3.63) is 85.1 Å². The first kappa shape index (κ1) is 76.6. The van der Waals surface area contributed by atoms with Crippen molar-refractivity contribution in [1.29, 1.82) is 0 Å². The molecule has 0 heterocycles. The number of rotatable bonds is 63. The van der Waals surface area contributed by atoms with Crippen LogP contribution in [0.3, 0.4) is 0 Å². The number of allylic oxidation sites excluding steroid dienone is 14. The zero-order valence-electron chi connectivity index (χ0n) is 53.1. The molecule has 6 heteroatoms. The van der Waals surface area contributed by atoms with E-state index in [1.807, 2.05) is 0 Å². The van der Waals surface area contributed by atoms with Crippen LogP contribution in [0.15, 0.2) is 85.1 Å². The van der Waals surface area contributed by atoms with Gasteiger partial charge in [-0.25, -0.2) is 0 Å². The molecule has 1 atom stereocenters. The van der Waals surface area contributed by atoms with Gasteiger partial charge in [0.15, 0.2) is 6.10 Å². The number of carbonyl (C=O) groups excluding carboxylic acids is 3. The van der Waals surface area contributed by atoms with Gasteiger partial charge in [-0.15, -0.1) is 0 Å². The molecule has 0 aromatic rings. The largest absolute Gasteiger partial charge is 0.462 e. The first-order valence-electron chi connectivity index (χ1n) is 34.6. The maximum atomic E-state index is 12.9. The third-order valence-corrected chi connectivity index (χ3v) is 15.1. The summed E-state index contributed by atoms with van der Waals surface area (Å²) < 4.78 is 17.0. The Balaban J connectivity index is 4.41. The van der Waals surface area contributed by atoms with E-state index >= 15 is 0 Å². The third-order valence-electron chi connectivity index (χ3n) is 15.1. The van der Waals surface area contributed by atoms with Crippen molar-refractivity contribution in [2.45, 2.75) is 354 Å². The Morgan fingerprint density at radius 3 is 0.800 bits per heavy atom. The normalized spacial score (nSPS) is 12.6. The lowest BCUT2D eigenvalue weighted by Crippen LogP contribution is -2.30. The molecule has 0 aromatic carbocycles. The minimum atomic E-state index is -0.801. The van der Waals surface area contributed by atoms with Gasteiger partial charge in [0.25, 0.3) is 0 Å². The van der Waals surface area contributed by atoms with E-state index in [4.69, 9.17) is 14.2 Å². The predicted octanol–water partition coefficient (Wildman–Crippen LogP) is 23.8. The summed E-state index contributed by atoms with van der Waals surface area (Å²) in [6, 6.07) is 0. The molecule has 6 nitrogen and oxygen atoms in total. The Kier molecular flexibility index (Phi) is 65.2. The molecule has 0 aliphatic carbocycles. The molecule has 462 valence electrons. The van der Waals surface area contributed by atoms with E-state index in [1.165, 1.54) is 212 Å². The van der Waals surface area contributed by atoms with Crippen molar-refractivity contribution in [1.82, 2.24) is 0 Å². The second-order valence-electron chi connectivity index (χ2n) is 23.1. The van der Waals surface area contributed by atoms with E-state index in [0.717, 1.165) is 89.9 Å². The molecule has 0 bridgehead atoms. The summed E-state index contributed by atoms with van der Waals surface area (Å²) >= 11 is 0. The molecule has 0 radical (unpaired) electrons. The van der Waals surface area contributed by atoms with Gasteiger partial charge >= 0.3 is 17.9 Å². The summed E-state index contributed by atoms with van der Waals surface area (Å²) in [5.41, 5.74) is 0. The van der Waals surface area contributed by atoms with Gasteiger partial charge in [0, 0.05) is 19.3 Å². The fourth-order valence-electron chi connectivity index (χ4n) is 9.97. The van der Waals surface area contributed by atoms with E-state index in [-0.39, 0.29) is 37.5 Å². The second-order valence-corrected chi connectivity index (χ2v) is 23.1. The molecule has 0 amide bonds. The van der Waals surface area contributed by atoms with Gasteiger partial charge in [0.1, 0.15) is 13.2 Å². The molecule has 0 rings (SSSR count). The number of hydrogen-bond acceptors (Lipinski definition) is 6. The number of esters is 3. The Morgan fingerprint density at radius 1 is 0.263 bits per heavy atom. The molecule has 0 saturated carbocycles. The zero-order chi connectivity index (χ0) is 57.8. The van der Waals surface area contributed by atoms with Gasteiger partial charge in [0.05, 0.1) is 0 Å². The van der Waals surface area contributed by atoms with Gasteiger partial charge in [-0.1, -0.05) is 318 Å². The Bertz CT molecular complexity index is 1520. The first-order chi connectivity index (χ1) is 39.5. The van der Waals surface area contributed by atoms with Crippen LogP contribution < -0.4 is 0 Å². The van der Waals surface area contributed by atoms with Crippen LogP contribution in [-0.2, 0) is 28.6 Å². The number of carbonyl (C=O) groups is 3. The molecule has 0 N–H and O–H groups in total. The predicted molar refractivity (Wildman–Crippen MR) is 348 cm³/mol. The van der Waals surface area contributed by atoms with E-state index in [9.17, 15) is 14.4 Å². The van der Waals surface area contributed by atoms with Crippen LogP contribution in [0, 0.1) is 0 Å². The average Bonchev–Trinajstić information content (AvgIpc) is 3.46. The highest BCUT2D eigenvalue weighted by Crippen LogP contribution is 2.17. The van der Waals surface area contributed by atoms with Gasteiger partial charge < -0.3 is 14.2 Å². The van der Waals surface area contributed by atoms with Crippen molar-refractivity contribution < 1.29 is 28.6 Å². The molecule has 0 spiro atoms. The van der Waals surface area contributed by atoms with Gasteiger partial charge in [0.2, 0.25) is 0 Å². The minimum absolute atomic E-state index is 0.0910. The SMILES string of the molecule is CC/C=C\C/C=C\C/C=C\C/C=C\C/C=C\C/C=C\CCCCC(=O)OC(COC(=O)CCCCCCCCCCCCC/C=C\CCCCCCCCCC)COC(=O)CCCCCCCCCCCCCCCCCCCC. The van der Waals surface area contributed by atoms with Crippen molar-refractivity contribution in [2.24, 2.45) is 0 Å². The molecular weight excluding hydrogens is 985 g/mol. The lowest BCUT2D eigenvalue weighted by atomic mass is 10.0. The summed E-state index contributed by atoms with van der Waals surface area (Å²) in [6.07, 6.45) is 90.3. The molecule has 0 aliphatic rings. The van der Waals surface area contributed by atoms with Crippen LogP contribution >= 0.6 is 0 Å². The highest BCUT2D eigenvalue weighted by Gasteiger charge is 2.19. The fraction of sp³-hybridized carbons (Fsp3) is 0.770. The molecule has 1 unspecified atom stereocenters. The Morgan fingerprint density at radius 2 is 0.487 bits per heavy atom. The van der Waals surface area contributed by atoms with E-state index < -0.39 is 6.10 Å². The smallest absolute Gasteiger partial charge is 0.306 e. The molecule has 0 aromatic heterocycles. The van der Waals surface area contributed by atoms with Crippen LogP contribution in [0.5, 0.6) is 0 Å². The molecule has 0 saturated heterocycles. The van der Waals surface area contributed by atoms with Crippen molar-refractivity contribution in [2.75, 3.05) is 13.2 Å². The van der Waals surface area contributed by atoms with Crippen molar-refractivity contribution >= 4 is 17.9 Å². The maximum Gasteiger partial charge on any atom is 0.306 e. The third kappa shape index (κ3) is 65.4. The quantitative estimate of drug-likeness (QED) is 0.0261. The zero-order valence-corrected chi connectivity index (χ0v) is 53.1. The van der Waals surface area contributed by atoms with Crippen molar-refractivity contribution in [3.8, 4) is 0 Å². The average molecular weight is 1120 g/mol. The molecule has 80 heavy (non-hydrogen) atoms. The summed E-state index contributed by atoms with van der Waals surface area (Å²) in [5, 5.41) is 0. The maximum absolute atomic E-state index is 12.9. The van der Waals surface area contributed by atoms with Crippen LogP contribution in [0.25, 0.3) is 0 Å². The van der Waals surface area contributed by atoms with Gasteiger partial charge in [-0.2, -0.15) is 0 Å². The lowest BCUT2D eigenvalue weighted by Gasteiger charge is -2.18. The lowest BCUT2D eigenvalue weighted by molar-refractivity contribution is -0.167. The summed E-state index contributed by atoms with van der Waals surface area (Å²) in [5.74, 6) is -0.917. The minimum Gasteiger partial charge on any atom is -0.462 e. The number of unbranched alkanes of at least 4 members (excludes halogenated alkanes) is 38. The van der Waals surface area contributed by atoms with Gasteiger partial charge in [-0.3, -0.25) is 14.4 Å². The first-order valence-corrected chi connectivity index (χ1v) is 34.6.